The van der Waals surface area contributed by atoms with Gasteiger partial charge in [-0.25, -0.2) is 4.98 Å². The van der Waals surface area contributed by atoms with Crippen molar-refractivity contribution in [2.75, 3.05) is 5.32 Å². The number of nitrogens with one attached hydrogen (secondary N) is 1. The summed E-state index contributed by atoms with van der Waals surface area (Å²) in [6.07, 6.45) is 0. The molecule has 0 aliphatic carbocycles. The molecule has 0 saturated heterocycles. The van der Waals surface area contributed by atoms with Crippen LogP contribution in [0.3, 0.4) is 0 Å². The number of benzene rings is 3. The van der Waals surface area contributed by atoms with Crippen LogP contribution >= 0.6 is 38.9 Å². The lowest BCUT2D eigenvalue weighted by Crippen LogP contribution is -2.12. The number of hydrogen-bond acceptors (Lipinski definition) is 3. The second kappa shape index (κ2) is 7.19. The number of rotatable bonds is 3. The molecule has 0 aliphatic rings. The summed E-state index contributed by atoms with van der Waals surface area (Å²) in [5.41, 5.74) is 2.38. The van der Waals surface area contributed by atoms with E-state index in [1.165, 1.54) is 11.3 Å². The highest BCUT2D eigenvalue weighted by atomic mass is 79.9. The summed E-state index contributed by atoms with van der Waals surface area (Å²) in [5.74, 6) is -0.175. The van der Waals surface area contributed by atoms with Gasteiger partial charge in [-0.1, -0.05) is 63.9 Å². The zero-order valence-electron chi connectivity index (χ0n) is 13.4. The van der Waals surface area contributed by atoms with Gasteiger partial charge in [-0.2, -0.15) is 0 Å². The molecule has 6 heteroatoms. The third kappa shape index (κ3) is 3.38. The Morgan fingerprint density at radius 2 is 1.73 bits per heavy atom. The second-order valence-corrected chi connectivity index (χ2v) is 7.79. The van der Waals surface area contributed by atoms with E-state index in [9.17, 15) is 4.79 Å². The quantitative estimate of drug-likeness (QED) is 0.386. The number of thiazole rings is 1. The van der Waals surface area contributed by atoms with Crippen LogP contribution < -0.4 is 5.32 Å². The number of aromatic nitrogens is 1. The largest absolute Gasteiger partial charge is 0.298 e. The Morgan fingerprint density at radius 3 is 2.54 bits per heavy atom. The summed E-state index contributed by atoms with van der Waals surface area (Å²) in [6.45, 7) is 0. The van der Waals surface area contributed by atoms with E-state index in [1.807, 2.05) is 66.0 Å². The second-order valence-electron chi connectivity index (χ2n) is 5.64. The Balaban J connectivity index is 1.62. The molecule has 1 heterocycles. The van der Waals surface area contributed by atoms with Crippen LogP contribution in [0.4, 0.5) is 5.13 Å². The lowest BCUT2D eigenvalue weighted by Gasteiger charge is -2.07. The van der Waals surface area contributed by atoms with E-state index in [2.05, 4.69) is 26.2 Å². The molecule has 4 aromatic rings. The summed E-state index contributed by atoms with van der Waals surface area (Å²) in [5, 5.41) is 7.95. The highest BCUT2D eigenvalue weighted by Crippen LogP contribution is 2.29. The number of nitrogens with zero attached hydrogens (tertiary/aromatic N) is 1. The first-order valence-electron chi connectivity index (χ1n) is 7.82. The Morgan fingerprint density at radius 1 is 1.00 bits per heavy atom. The Kier molecular flexibility index (Phi) is 4.76. The lowest BCUT2D eigenvalue weighted by atomic mass is 10.0. The first-order valence-corrected chi connectivity index (χ1v) is 9.87. The van der Waals surface area contributed by atoms with E-state index in [4.69, 9.17) is 11.6 Å². The Hall–Kier alpha value is -2.21. The Bertz CT molecular complexity index is 1110. The van der Waals surface area contributed by atoms with Gasteiger partial charge in [0.15, 0.2) is 5.13 Å². The number of halogens is 2. The van der Waals surface area contributed by atoms with Gasteiger partial charge in [0.1, 0.15) is 0 Å². The van der Waals surface area contributed by atoms with Crippen molar-refractivity contribution in [3.8, 4) is 11.3 Å². The third-order valence-corrected chi connectivity index (χ3v) is 5.68. The molecule has 0 aliphatic heterocycles. The fourth-order valence-corrected chi connectivity index (χ4v) is 4.06. The SMILES string of the molecule is O=C(Nc1nc(-c2ccc(Cl)cc2)cs1)c1cccc2c(Br)cccc12. The Labute approximate surface area is 167 Å². The normalized spacial score (nSPS) is 10.8. The number of amides is 1. The van der Waals surface area contributed by atoms with Crippen molar-refractivity contribution in [3.05, 3.63) is 81.1 Å². The number of carbonyl (C=O) groups excluding carboxylic acids is 1. The molecular weight excluding hydrogens is 432 g/mol. The highest BCUT2D eigenvalue weighted by molar-refractivity contribution is 9.10. The standard InChI is InChI=1S/C20H12BrClN2OS/c21-17-6-2-3-14-15(17)4-1-5-16(14)19(25)24-20-23-18(11-26-20)12-7-9-13(22)10-8-12/h1-11H,(H,23,24,25). The van der Waals surface area contributed by atoms with E-state index in [-0.39, 0.29) is 5.91 Å². The molecule has 0 fully saturated rings. The van der Waals surface area contributed by atoms with Gasteiger partial charge in [-0.3, -0.25) is 10.1 Å². The molecule has 0 radical (unpaired) electrons. The molecule has 0 spiro atoms. The zero-order valence-corrected chi connectivity index (χ0v) is 16.5. The van der Waals surface area contributed by atoms with Crippen LogP contribution in [0.2, 0.25) is 5.02 Å². The maximum atomic E-state index is 12.8. The fraction of sp³-hybridized carbons (Fsp3) is 0. The number of hydrogen-bond donors (Lipinski definition) is 1. The van der Waals surface area contributed by atoms with Crippen LogP contribution in [0.1, 0.15) is 10.4 Å². The predicted octanol–water partition coefficient (Wildman–Crippen LogP) is 6.63. The predicted molar refractivity (Wildman–Crippen MR) is 112 cm³/mol. The van der Waals surface area contributed by atoms with Gasteiger partial charge in [0, 0.05) is 26.0 Å². The van der Waals surface area contributed by atoms with Crippen LogP contribution in [0, 0.1) is 0 Å². The van der Waals surface area contributed by atoms with Crippen LogP contribution in [-0.2, 0) is 0 Å². The maximum Gasteiger partial charge on any atom is 0.258 e. The van der Waals surface area contributed by atoms with Crippen molar-refractivity contribution in [1.29, 1.82) is 0 Å². The third-order valence-electron chi connectivity index (χ3n) is 3.98. The summed E-state index contributed by atoms with van der Waals surface area (Å²) >= 11 is 10.8. The molecule has 1 amide bonds. The molecule has 1 aromatic heterocycles. The van der Waals surface area contributed by atoms with E-state index in [0.29, 0.717) is 15.7 Å². The van der Waals surface area contributed by atoms with E-state index in [0.717, 1.165) is 26.5 Å². The molecule has 0 bridgehead atoms. The topological polar surface area (TPSA) is 42.0 Å². The van der Waals surface area contributed by atoms with Gasteiger partial charge in [-0.15, -0.1) is 11.3 Å². The molecule has 0 atom stereocenters. The number of anilines is 1. The average molecular weight is 444 g/mol. The molecular formula is C20H12BrClN2OS. The lowest BCUT2D eigenvalue weighted by molar-refractivity contribution is 0.102. The van der Waals surface area contributed by atoms with Crippen LogP contribution in [0.25, 0.3) is 22.0 Å². The van der Waals surface area contributed by atoms with Gasteiger partial charge < -0.3 is 0 Å². The fourth-order valence-electron chi connectivity index (χ4n) is 2.72. The van der Waals surface area contributed by atoms with Crippen LogP contribution in [0.15, 0.2) is 70.5 Å². The number of fused-ring (bicyclic) bond motifs is 1. The van der Waals surface area contributed by atoms with Crippen molar-refractivity contribution >= 4 is 60.7 Å². The van der Waals surface area contributed by atoms with E-state index >= 15 is 0 Å². The van der Waals surface area contributed by atoms with Crippen molar-refractivity contribution in [2.24, 2.45) is 0 Å². The summed E-state index contributed by atoms with van der Waals surface area (Å²) in [4.78, 5) is 17.3. The van der Waals surface area contributed by atoms with E-state index in [1.54, 1.807) is 0 Å². The smallest absolute Gasteiger partial charge is 0.258 e. The van der Waals surface area contributed by atoms with Gasteiger partial charge in [-0.05, 0) is 35.0 Å². The first-order chi connectivity index (χ1) is 12.6. The minimum Gasteiger partial charge on any atom is -0.298 e. The van der Waals surface area contributed by atoms with Gasteiger partial charge in [0.2, 0.25) is 0 Å². The minimum atomic E-state index is -0.175. The molecule has 4 rings (SSSR count). The van der Waals surface area contributed by atoms with Crippen molar-refractivity contribution in [3.63, 3.8) is 0 Å². The minimum absolute atomic E-state index is 0.175. The van der Waals surface area contributed by atoms with Crippen molar-refractivity contribution < 1.29 is 4.79 Å². The van der Waals surface area contributed by atoms with Gasteiger partial charge in [0.05, 0.1) is 5.69 Å². The summed E-state index contributed by atoms with van der Waals surface area (Å²) in [6, 6.07) is 19.0. The number of carbonyl (C=O) groups is 1. The zero-order chi connectivity index (χ0) is 18.1. The molecule has 3 aromatic carbocycles. The van der Waals surface area contributed by atoms with E-state index < -0.39 is 0 Å². The molecule has 3 nitrogen and oxygen atoms in total. The summed E-state index contributed by atoms with van der Waals surface area (Å²) in [7, 11) is 0. The van der Waals surface area contributed by atoms with Crippen LogP contribution in [-0.4, -0.2) is 10.9 Å². The average Bonchev–Trinajstić information content (AvgIpc) is 3.10. The molecule has 1 N–H and O–H groups in total. The maximum absolute atomic E-state index is 12.8. The van der Waals surface area contributed by atoms with Crippen LogP contribution in [0.5, 0.6) is 0 Å². The molecule has 128 valence electrons. The molecule has 26 heavy (non-hydrogen) atoms. The van der Waals surface area contributed by atoms with Crippen molar-refractivity contribution in [2.45, 2.75) is 0 Å². The molecule has 0 unspecified atom stereocenters. The van der Waals surface area contributed by atoms with Gasteiger partial charge in [0.25, 0.3) is 5.91 Å². The summed E-state index contributed by atoms with van der Waals surface area (Å²) < 4.78 is 0.962. The first kappa shape index (κ1) is 17.2. The molecule has 0 saturated carbocycles. The van der Waals surface area contributed by atoms with Gasteiger partial charge >= 0.3 is 0 Å². The highest BCUT2D eigenvalue weighted by Gasteiger charge is 2.13. The monoisotopic (exact) mass is 442 g/mol. The van der Waals surface area contributed by atoms with Crippen molar-refractivity contribution in [1.82, 2.24) is 4.98 Å².